The number of rotatable bonds is 2. The Morgan fingerprint density at radius 3 is 3.00 bits per heavy atom. The van der Waals surface area contributed by atoms with Gasteiger partial charge in [0.15, 0.2) is 0 Å². The lowest BCUT2D eigenvalue weighted by Gasteiger charge is -2.11. The van der Waals surface area contributed by atoms with Crippen LogP contribution in [0.2, 0.25) is 0 Å². The van der Waals surface area contributed by atoms with E-state index in [1.54, 1.807) is 0 Å². The first kappa shape index (κ1) is 9.78. The van der Waals surface area contributed by atoms with Crippen LogP contribution in [0.4, 0.5) is 0 Å². The third-order valence-corrected chi connectivity index (χ3v) is 3.56. The van der Waals surface area contributed by atoms with Crippen LogP contribution >= 0.6 is 11.3 Å². The summed E-state index contributed by atoms with van der Waals surface area (Å²) in [5, 5.41) is 9.58. The summed E-state index contributed by atoms with van der Waals surface area (Å²) in [6.45, 7) is 1.94. The predicted octanol–water partition coefficient (Wildman–Crippen LogP) is 2.91. The van der Waals surface area contributed by atoms with Crippen LogP contribution in [0.25, 0.3) is 0 Å². The fourth-order valence-electron chi connectivity index (χ4n) is 2.09. The van der Waals surface area contributed by atoms with Crippen LogP contribution in [0.5, 0.6) is 5.19 Å². The van der Waals surface area contributed by atoms with E-state index in [0.717, 1.165) is 17.8 Å². The van der Waals surface area contributed by atoms with Gasteiger partial charge in [0.25, 0.3) is 5.19 Å². The van der Waals surface area contributed by atoms with Crippen molar-refractivity contribution in [2.24, 2.45) is 0 Å². The lowest BCUT2D eigenvalue weighted by molar-refractivity contribution is 0.205. The van der Waals surface area contributed by atoms with Gasteiger partial charge in [-0.1, -0.05) is 35.6 Å². The molecule has 2 aromatic rings. The number of nitrogens with zero attached hydrogens (tertiary/aromatic N) is 2. The van der Waals surface area contributed by atoms with Crippen molar-refractivity contribution < 1.29 is 4.74 Å². The Bertz CT molecular complexity index is 509. The zero-order valence-electron chi connectivity index (χ0n) is 9.01. The minimum Gasteiger partial charge on any atom is -0.461 e. The van der Waals surface area contributed by atoms with Gasteiger partial charge in [0.1, 0.15) is 11.1 Å². The van der Waals surface area contributed by atoms with Gasteiger partial charge < -0.3 is 4.74 Å². The number of aromatic nitrogens is 2. The molecule has 4 heteroatoms. The van der Waals surface area contributed by atoms with Crippen molar-refractivity contribution in [1.29, 1.82) is 0 Å². The summed E-state index contributed by atoms with van der Waals surface area (Å²) >= 11 is 1.50. The predicted molar refractivity (Wildman–Crippen MR) is 62.8 cm³/mol. The molecule has 16 heavy (non-hydrogen) atoms. The number of aryl methyl sites for hydroxylation is 2. The van der Waals surface area contributed by atoms with Crippen molar-refractivity contribution in [2.75, 3.05) is 0 Å². The number of fused-ring (bicyclic) bond motifs is 1. The summed E-state index contributed by atoms with van der Waals surface area (Å²) in [4.78, 5) is 0. The van der Waals surface area contributed by atoms with Gasteiger partial charge >= 0.3 is 0 Å². The second kappa shape index (κ2) is 3.87. The molecule has 3 rings (SSSR count). The average molecular weight is 232 g/mol. The van der Waals surface area contributed by atoms with Gasteiger partial charge in [0.2, 0.25) is 0 Å². The third kappa shape index (κ3) is 1.69. The second-order valence-electron chi connectivity index (χ2n) is 3.93. The molecule has 1 aromatic heterocycles. The monoisotopic (exact) mass is 232 g/mol. The van der Waals surface area contributed by atoms with E-state index in [9.17, 15) is 0 Å². The first-order chi connectivity index (χ1) is 7.83. The van der Waals surface area contributed by atoms with E-state index in [0.29, 0.717) is 5.19 Å². The minimum atomic E-state index is 0.156. The first-order valence-corrected chi connectivity index (χ1v) is 6.19. The molecule has 1 heterocycles. The Labute approximate surface area is 98.1 Å². The van der Waals surface area contributed by atoms with Crippen molar-refractivity contribution in [2.45, 2.75) is 25.9 Å². The molecule has 1 unspecified atom stereocenters. The maximum atomic E-state index is 5.87. The Hall–Kier alpha value is -1.42. The van der Waals surface area contributed by atoms with Gasteiger partial charge in [-0.05, 0) is 30.9 Å². The highest BCUT2D eigenvalue weighted by molar-refractivity contribution is 7.12. The second-order valence-corrected chi connectivity index (χ2v) is 5.08. The molecule has 0 aliphatic heterocycles. The summed E-state index contributed by atoms with van der Waals surface area (Å²) in [7, 11) is 0. The minimum absolute atomic E-state index is 0.156. The quantitative estimate of drug-likeness (QED) is 0.798. The Morgan fingerprint density at radius 1 is 1.31 bits per heavy atom. The smallest absolute Gasteiger partial charge is 0.294 e. The molecule has 1 atom stereocenters. The van der Waals surface area contributed by atoms with Gasteiger partial charge in [-0.3, -0.25) is 0 Å². The normalized spacial score (nSPS) is 18.4. The lowest BCUT2D eigenvalue weighted by atomic mass is 10.1. The summed E-state index contributed by atoms with van der Waals surface area (Å²) in [6, 6.07) is 8.45. The molecule has 0 bridgehead atoms. The van der Waals surface area contributed by atoms with E-state index in [2.05, 4.69) is 34.5 Å². The number of ether oxygens (including phenoxy) is 1. The van der Waals surface area contributed by atoms with Gasteiger partial charge in [-0.15, -0.1) is 10.2 Å². The summed E-state index contributed by atoms with van der Waals surface area (Å²) < 4.78 is 5.87. The van der Waals surface area contributed by atoms with Crippen LogP contribution in [0.15, 0.2) is 24.3 Å². The van der Waals surface area contributed by atoms with Crippen molar-refractivity contribution in [3.63, 3.8) is 0 Å². The zero-order chi connectivity index (χ0) is 11.0. The lowest BCUT2D eigenvalue weighted by Crippen LogP contribution is -2.02. The average Bonchev–Trinajstić information content (AvgIpc) is 2.87. The van der Waals surface area contributed by atoms with E-state index in [4.69, 9.17) is 4.74 Å². The van der Waals surface area contributed by atoms with Gasteiger partial charge in [0, 0.05) is 0 Å². The van der Waals surface area contributed by atoms with Crippen LogP contribution in [-0.4, -0.2) is 10.2 Å². The molecular formula is C12H12N2OS. The van der Waals surface area contributed by atoms with Crippen molar-refractivity contribution in [3.05, 3.63) is 40.4 Å². The van der Waals surface area contributed by atoms with Crippen molar-refractivity contribution in [3.8, 4) is 5.19 Å². The number of hydrogen-bond acceptors (Lipinski definition) is 4. The Balaban J connectivity index is 1.83. The highest BCUT2D eigenvalue weighted by atomic mass is 32.1. The van der Waals surface area contributed by atoms with Crippen LogP contribution in [0.3, 0.4) is 0 Å². The fourth-order valence-corrected chi connectivity index (χ4v) is 2.67. The summed E-state index contributed by atoms with van der Waals surface area (Å²) in [6.07, 6.45) is 2.29. The molecule has 3 nitrogen and oxygen atoms in total. The fraction of sp³-hybridized carbons (Fsp3) is 0.333. The Kier molecular flexibility index (Phi) is 2.36. The highest BCUT2D eigenvalue weighted by Gasteiger charge is 2.24. The molecule has 0 saturated carbocycles. The van der Waals surface area contributed by atoms with E-state index in [1.165, 1.54) is 22.5 Å². The first-order valence-electron chi connectivity index (χ1n) is 5.37. The van der Waals surface area contributed by atoms with Crippen molar-refractivity contribution in [1.82, 2.24) is 10.2 Å². The third-order valence-electron chi connectivity index (χ3n) is 2.83. The maximum Gasteiger partial charge on any atom is 0.294 e. The molecule has 82 valence electrons. The molecule has 0 spiro atoms. The molecule has 1 aliphatic carbocycles. The number of benzene rings is 1. The number of hydrogen-bond donors (Lipinski definition) is 0. The van der Waals surface area contributed by atoms with Gasteiger partial charge in [0.05, 0.1) is 0 Å². The van der Waals surface area contributed by atoms with Crippen LogP contribution in [0.1, 0.15) is 28.7 Å². The molecule has 1 aromatic carbocycles. The van der Waals surface area contributed by atoms with Gasteiger partial charge in [-0.25, -0.2) is 0 Å². The largest absolute Gasteiger partial charge is 0.461 e. The Morgan fingerprint density at radius 2 is 2.19 bits per heavy atom. The molecule has 0 amide bonds. The molecule has 0 radical (unpaired) electrons. The van der Waals surface area contributed by atoms with E-state index in [1.807, 2.05) is 6.92 Å². The van der Waals surface area contributed by atoms with E-state index >= 15 is 0 Å². The SMILES string of the molecule is Cc1nnc(OC2CCc3ccccc32)s1. The maximum absolute atomic E-state index is 5.87. The van der Waals surface area contributed by atoms with E-state index < -0.39 is 0 Å². The zero-order valence-corrected chi connectivity index (χ0v) is 9.83. The van der Waals surface area contributed by atoms with E-state index in [-0.39, 0.29) is 6.10 Å². The molecule has 0 fully saturated rings. The molecule has 1 aliphatic rings. The van der Waals surface area contributed by atoms with Crippen molar-refractivity contribution >= 4 is 11.3 Å². The summed E-state index contributed by atoms with van der Waals surface area (Å²) in [5.41, 5.74) is 2.70. The van der Waals surface area contributed by atoms with Crippen LogP contribution < -0.4 is 4.74 Å². The standard InChI is InChI=1S/C12H12N2OS/c1-8-13-14-12(16-8)15-11-7-6-9-4-2-3-5-10(9)11/h2-5,11H,6-7H2,1H3. The molecule has 0 N–H and O–H groups in total. The molecule has 0 saturated heterocycles. The highest BCUT2D eigenvalue weighted by Crippen LogP contribution is 2.35. The van der Waals surface area contributed by atoms with Gasteiger partial charge in [-0.2, -0.15) is 0 Å². The molecular weight excluding hydrogens is 220 g/mol. The topological polar surface area (TPSA) is 35.0 Å². The summed E-state index contributed by atoms with van der Waals surface area (Å²) in [5.74, 6) is 0. The van der Waals surface area contributed by atoms with Crippen LogP contribution in [0, 0.1) is 6.92 Å². The van der Waals surface area contributed by atoms with Crippen LogP contribution in [-0.2, 0) is 6.42 Å².